The standard InChI is InChI=1S/C17H34ClNO/c1-3-5-6-7-8-9-13-16-19(4-2)17(20)14-11-10-12-15-18/h3-16H2,1-2H3. The van der Waals surface area contributed by atoms with Crippen molar-refractivity contribution < 1.29 is 4.79 Å². The molecular weight excluding hydrogens is 270 g/mol. The Morgan fingerprint density at radius 1 is 0.850 bits per heavy atom. The molecule has 3 heteroatoms. The number of hydrogen-bond acceptors (Lipinski definition) is 1. The average molecular weight is 304 g/mol. The molecule has 0 saturated heterocycles. The van der Waals surface area contributed by atoms with Gasteiger partial charge in [0, 0.05) is 25.4 Å². The maximum absolute atomic E-state index is 12.0. The molecule has 0 unspecified atom stereocenters. The van der Waals surface area contributed by atoms with E-state index in [0.29, 0.717) is 18.2 Å². The van der Waals surface area contributed by atoms with Crippen LogP contribution in [0.25, 0.3) is 0 Å². The molecule has 0 fully saturated rings. The normalized spacial score (nSPS) is 10.8. The highest BCUT2D eigenvalue weighted by atomic mass is 35.5. The van der Waals surface area contributed by atoms with E-state index in [-0.39, 0.29) is 0 Å². The molecule has 1 amide bonds. The number of alkyl halides is 1. The molecule has 0 aromatic heterocycles. The fourth-order valence-corrected chi connectivity index (χ4v) is 2.61. The van der Waals surface area contributed by atoms with Crippen molar-refractivity contribution in [1.82, 2.24) is 4.90 Å². The fourth-order valence-electron chi connectivity index (χ4n) is 2.42. The molecule has 0 aliphatic carbocycles. The number of halogens is 1. The molecule has 20 heavy (non-hydrogen) atoms. The number of amides is 1. The molecule has 2 nitrogen and oxygen atoms in total. The second-order valence-corrected chi connectivity index (χ2v) is 5.97. The van der Waals surface area contributed by atoms with Gasteiger partial charge in [0.2, 0.25) is 5.91 Å². The van der Waals surface area contributed by atoms with Crippen LogP contribution in [0.1, 0.15) is 84.5 Å². The lowest BCUT2D eigenvalue weighted by atomic mass is 10.1. The lowest BCUT2D eigenvalue weighted by molar-refractivity contribution is -0.131. The van der Waals surface area contributed by atoms with Crippen LogP contribution in [0.3, 0.4) is 0 Å². The molecule has 0 rings (SSSR count). The predicted octanol–water partition coefficient (Wildman–Crippen LogP) is 5.38. The van der Waals surface area contributed by atoms with Crippen LogP contribution in [-0.4, -0.2) is 29.8 Å². The Bertz CT molecular complexity index is 221. The number of hydrogen-bond donors (Lipinski definition) is 0. The molecule has 0 aliphatic heterocycles. The first-order valence-corrected chi connectivity index (χ1v) is 9.13. The Kier molecular flexibility index (Phi) is 15.0. The Morgan fingerprint density at radius 2 is 1.45 bits per heavy atom. The van der Waals surface area contributed by atoms with Crippen LogP contribution in [0.2, 0.25) is 0 Å². The first kappa shape index (κ1) is 19.8. The molecule has 0 atom stereocenters. The summed E-state index contributed by atoms with van der Waals surface area (Å²) < 4.78 is 0. The highest BCUT2D eigenvalue weighted by molar-refractivity contribution is 6.17. The smallest absolute Gasteiger partial charge is 0.222 e. The van der Waals surface area contributed by atoms with Gasteiger partial charge in [-0.05, 0) is 26.2 Å². The highest BCUT2D eigenvalue weighted by Gasteiger charge is 2.10. The van der Waals surface area contributed by atoms with Crippen LogP contribution < -0.4 is 0 Å². The van der Waals surface area contributed by atoms with Crippen LogP contribution >= 0.6 is 11.6 Å². The van der Waals surface area contributed by atoms with Crippen molar-refractivity contribution in [2.24, 2.45) is 0 Å². The lowest BCUT2D eigenvalue weighted by Gasteiger charge is -2.20. The van der Waals surface area contributed by atoms with Gasteiger partial charge in [-0.1, -0.05) is 51.9 Å². The quantitative estimate of drug-likeness (QED) is 0.311. The lowest BCUT2D eigenvalue weighted by Crippen LogP contribution is -2.31. The van der Waals surface area contributed by atoms with Crippen LogP contribution in [0.4, 0.5) is 0 Å². The summed E-state index contributed by atoms with van der Waals surface area (Å²) in [7, 11) is 0. The number of carbonyl (C=O) groups is 1. The summed E-state index contributed by atoms with van der Waals surface area (Å²) in [6.07, 6.45) is 12.9. The third-order valence-corrected chi connectivity index (χ3v) is 4.06. The first-order chi connectivity index (χ1) is 9.76. The van der Waals surface area contributed by atoms with Crippen LogP contribution in [0.5, 0.6) is 0 Å². The van der Waals surface area contributed by atoms with E-state index in [1.165, 1.54) is 38.5 Å². The second-order valence-electron chi connectivity index (χ2n) is 5.59. The zero-order chi connectivity index (χ0) is 15.1. The van der Waals surface area contributed by atoms with Crippen molar-refractivity contribution in [3.63, 3.8) is 0 Å². The fraction of sp³-hybridized carbons (Fsp3) is 0.941. The summed E-state index contributed by atoms with van der Waals surface area (Å²) in [5.74, 6) is 1.04. The summed E-state index contributed by atoms with van der Waals surface area (Å²) in [6.45, 7) is 6.12. The van der Waals surface area contributed by atoms with Gasteiger partial charge < -0.3 is 4.90 Å². The van der Waals surface area contributed by atoms with Crippen LogP contribution in [-0.2, 0) is 4.79 Å². The third-order valence-electron chi connectivity index (χ3n) is 3.79. The Hall–Kier alpha value is -0.240. The van der Waals surface area contributed by atoms with Gasteiger partial charge in [-0.25, -0.2) is 0 Å². The van der Waals surface area contributed by atoms with E-state index >= 15 is 0 Å². The molecule has 0 aliphatic rings. The molecule has 0 bridgehead atoms. The first-order valence-electron chi connectivity index (χ1n) is 8.60. The average Bonchev–Trinajstić information content (AvgIpc) is 2.46. The van der Waals surface area contributed by atoms with Crippen LogP contribution in [0, 0.1) is 0 Å². The van der Waals surface area contributed by atoms with Crippen molar-refractivity contribution in [3.05, 3.63) is 0 Å². The molecule has 0 spiro atoms. The van der Waals surface area contributed by atoms with E-state index in [2.05, 4.69) is 13.8 Å². The van der Waals surface area contributed by atoms with E-state index in [4.69, 9.17) is 11.6 Å². The van der Waals surface area contributed by atoms with Gasteiger partial charge in [0.25, 0.3) is 0 Å². The largest absolute Gasteiger partial charge is 0.343 e. The van der Waals surface area contributed by atoms with E-state index < -0.39 is 0 Å². The Labute approximate surface area is 131 Å². The maximum atomic E-state index is 12.0. The van der Waals surface area contributed by atoms with Crippen molar-refractivity contribution in [2.45, 2.75) is 84.5 Å². The molecule has 0 aromatic rings. The molecule has 120 valence electrons. The maximum Gasteiger partial charge on any atom is 0.222 e. The van der Waals surface area contributed by atoms with Gasteiger partial charge in [0.15, 0.2) is 0 Å². The summed E-state index contributed by atoms with van der Waals surface area (Å²) >= 11 is 5.64. The topological polar surface area (TPSA) is 20.3 Å². The van der Waals surface area contributed by atoms with Gasteiger partial charge in [0.1, 0.15) is 0 Å². The van der Waals surface area contributed by atoms with Gasteiger partial charge >= 0.3 is 0 Å². The minimum atomic E-state index is 0.327. The number of unbranched alkanes of at least 4 members (excludes halogenated alkanes) is 8. The van der Waals surface area contributed by atoms with E-state index in [9.17, 15) is 4.79 Å². The summed E-state index contributed by atoms with van der Waals surface area (Å²) in [5.41, 5.74) is 0. The zero-order valence-electron chi connectivity index (χ0n) is 13.6. The molecule has 0 saturated carbocycles. The summed E-state index contributed by atoms with van der Waals surface area (Å²) in [6, 6.07) is 0. The van der Waals surface area contributed by atoms with Gasteiger partial charge in [-0.2, -0.15) is 0 Å². The van der Waals surface area contributed by atoms with Crippen molar-refractivity contribution in [2.75, 3.05) is 19.0 Å². The monoisotopic (exact) mass is 303 g/mol. The van der Waals surface area contributed by atoms with Crippen molar-refractivity contribution in [1.29, 1.82) is 0 Å². The van der Waals surface area contributed by atoms with Crippen LogP contribution in [0.15, 0.2) is 0 Å². The van der Waals surface area contributed by atoms with E-state index in [0.717, 1.165) is 38.8 Å². The Morgan fingerprint density at radius 3 is 2.05 bits per heavy atom. The minimum Gasteiger partial charge on any atom is -0.343 e. The van der Waals surface area contributed by atoms with Gasteiger partial charge in [-0.15, -0.1) is 11.6 Å². The van der Waals surface area contributed by atoms with Crippen molar-refractivity contribution in [3.8, 4) is 0 Å². The molecule has 0 N–H and O–H groups in total. The zero-order valence-corrected chi connectivity index (χ0v) is 14.4. The SMILES string of the molecule is CCCCCCCCCN(CC)C(=O)CCCCCCl. The number of nitrogens with zero attached hydrogens (tertiary/aromatic N) is 1. The van der Waals surface area contributed by atoms with E-state index in [1.54, 1.807) is 0 Å². The molecule has 0 aromatic carbocycles. The number of rotatable bonds is 14. The van der Waals surface area contributed by atoms with Crippen molar-refractivity contribution >= 4 is 17.5 Å². The number of carbonyl (C=O) groups excluding carboxylic acids is 1. The van der Waals surface area contributed by atoms with E-state index in [1.807, 2.05) is 4.90 Å². The summed E-state index contributed by atoms with van der Waals surface area (Å²) in [5, 5.41) is 0. The highest BCUT2D eigenvalue weighted by Crippen LogP contribution is 2.09. The summed E-state index contributed by atoms with van der Waals surface area (Å²) in [4.78, 5) is 14.1. The minimum absolute atomic E-state index is 0.327. The van der Waals surface area contributed by atoms with Gasteiger partial charge in [0.05, 0.1) is 0 Å². The second kappa shape index (κ2) is 15.2. The third kappa shape index (κ3) is 11.6. The Balaban J connectivity index is 3.56. The van der Waals surface area contributed by atoms with Gasteiger partial charge in [-0.3, -0.25) is 4.79 Å². The molecule has 0 heterocycles. The molecule has 0 radical (unpaired) electrons. The predicted molar refractivity (Wildman–Crippen MR) is 89.4 cm³/mol. The molecular formula is C17H34ClNO.